The van der Waals surface area contributed by atoms with E-state index in [4.69, 9.17) is 5.73 Å². The topological polar surface area (TPSA) is 38.0 Å². The molecule has 0 atom stereocenters. The van der Waals surface area contributed by atoms with Crippen molar-refractivity contribution in [1.29, 1.82) is 0 Å². The summed E-state index contributed by atoms with van der Waals surface area (Å²) in [6.45, 7) is 0. The van der Waals surface area contributed by atoms with Crippen LogP contribution in [0, 0.1) is 9.39 Å². The van der Waals surface area contributed by atoms with Gasteiger partial charge in [-0.3, -0.25) is 0 Å². The number of benzene rings is 1. The number of rotatable bonds is 2. The Balaban J connectivity index is 2.11. The third-order valence-electron chi connectivity index (χ3n) is 2.67. The average Bonchev–Trinajstić information content (AvgIpc) is 2.27. The number of nitrogens with one attached hydrogen (secondary N) is 1. The molecule has 1 aliphatic heterocycles. The van der Waals surface area contributed by atoms with Gasteiger partial charge < -0.3 is 11.1 Å². The van der Waals surface area contributed by atoms with Crippen LogP contribution in [-0.4, -0.2) is 17.5 Å². The standard InChI is InChI=1S/C11H14FIN2S/c12-8-5-11(10(14)6-9(8)13)15-7-1-3-16-4-2-7/h5-7,15H,1-4,14H2. The Labute approximate surface area is 113 Å². The molecule has 0 spiro atoms. The molecule has 0 radical (unpaired) electrons. The molecule has 1 aliphatic rings. The Hall–Kier alpha value is -0.170. The minimum atomic E-state index is -0.206. The molecule has 16 heavy (non-hydrogen) atoms. The summed E-state index contributed by atoms with van der Waals surface area (Å²) in [5.74, 6) is 2.14. The molecule has 0 amide bonds. The van der Waals surface area contributed by atoms with Crippen molar-refractivity contribution in [3.63, 3.8) is 0 Å². The molecule has 3 N–H and O–H groups in total. The van der Waals surface area contributed by atoms with Crippen LogP contribution in [0.2, 0.25) is 0 Å². The zero-order valence-electron chi connectivity index (χ0n) is 8.80. The fourth-order valence-corrected chi connectivity index (χ4v) is 3.35. The van der Waals surface area contributed by atoms with E-state index in [1.807, 2.05) is 34.4 Å². The summed E-state index contributed by atoms with van der Waals surface area (Å²) in [4.78, 5) is 0. The molecule has 5 heteroatoms. The predicted molar refractivity (Wildman–Crippen MR) is 77.5 cm³/mol. The van der Waals surface area contributed by atoms with E-state index in [2.05, 4.69) is 5.32 Å². The predicted octanol–water partition coefficient (Wildman–Crippen LogP) is 3.32. The first-order chi connectivity index (χ1) is 7.66. The number of nitrogens with two attached hydrogens (primary N) is 1. The zero-order valence-corrected chi connectivity index (χ0v) is 11.8. The van der Waals surface area contributed by atoms with Gasteiger partial charge in [0.15, 0.2) is 0 Å². The van der Waals surface area contributed by atoms with Crippen molar-refractivity contribution in [3.8, 4) is 0 Å². The van der Waals surface area contributed by atoms with Gasteiger partial charge in [0.25, 0.3) is 0 Å². The molecule has 1 aromatic carbocycles. The van der Waals surface area contributed by atoms with E-state index in [0.717, 1.165) is 18.5 Å². The fourth-order valence-electron chi connectivity index (χ4n) is 1.75. The Kier molecular flexibility index (Phi) is 4.18. The third-order valence-corrected chi connectivity index (χ3v) is 4.55. The van der Waals surface area contributed by atoms with E-state index >= 15 is 0 Å². The first kappa shape index (κ1) is 12.3. The van der Waals surface area contributed by atoms with Gasteiger partial charge in [-0.15, -0.1) is 0 Å². The molecule has 1 heterocycles. The second kappa shape index (κ2) is 5.44. The molecule has 0 unspecified atom stereocenters. The average molecular weight is 352 g/mol. The summed E-state index contributed by atoms with van der Waals surface area (Å²) in [5, 5.41) is 3.34. The van der Waals surface area contributed by atoms with Crippen molar-refractivity contribution >= 4 is 45.7 Å². The minimum Gasteiger partial charge on any atom is -0.397 e. The highest BCUT2D eigenvalue weighted by atomic mass is 127. The van der Waals surface area contributed by atoms with E-state index in [9.17, 15) is 4.39 Å². The summed E-state index contributed by atoms with van der Waals surface area (Å²) in [7, 11) is 0. The largest absolute Gasteiger partial charge is 0.397 e. The minimum absolute atomic E-state index is 0.206. The van der Waals surface area contributed by atoms with Crippen LogP contribution in [-0.2, 0) is 0 Å². The van der Waals surface area contributed by atoms with Gasteiger partial charge in [-0.05, 0) is 53.0 Å². The van der Waals surface area contributed by atoms with Crippen LogP contribution in [0.1, 0.15) is 12.8 Å². The lowest BCUT2D eigenvalue weighted by Gasteiger charge is -2.24. The van der Waals surface area contributed by atoms with Crippen molar-refractivity contribution in [1.82, 2.24) is 0 Å². The number of thioether (sulfide) groups is 1. The van der Waals surface area contributed by atoms with Crippen molar-refractivity contribution in [2.24, 2.45) is 0 Å². The fraction of sp³-hybridized carbons (Fsp3) is 0.455. The molecular formula is C11H14FIN2S. The number of hydrogen-bond donors (Lipinski definition) is 2. The van der Waals surface area contributed by atoms with Gasteiger partial charge in [-0.2, -0.15) is 11.8 Å². The molecule has 1 fully saturated rings. The van der Waals surface area contributed by atoms with Crippen molar-refractivity contribution in [3.05, 3.63) is 21.5 Å². The normalized spacial score (nSPS) is 17.4. The van der Waals surface area contributed by atoms with Crippen LogP contribution in [0.5, 0.6) is 0 Å². The Morgan fingerprint density at radius 1 is 1.38 bits per heavy atom. The number of hydrogen-bond acceptors (Lipinski definition) is 3. The van der Waals surface area contributed by atoms with Crippen LogP contribution in [0.3, 0.4) is 0 Å². The van der Waals surface area contributed by atoms with Crippen LogP contribution in [0.15, 0.2) is 12.1 Å². The highest BCUT2D eigenvalue weighted by Crippen LogP contribution is 2.27. The SMILES string of the molecule is Nc1cc(I)c(F)cc1NC1CCSCC1. The number of halogens is 2. The molecule has 1 aromatic rings. The van der Waals surface area contributed by atoms with Gasteiger partial charge in [0.05, 0.1) is 14.9 Å². The Bertz CT molecular complexity index is 380. The van der Waals surface area contributed by atoms with Gasteiger partial charge in [0.2, 0.25) is 0 Å². The van der Waals surface area contributed by atoms with E-state index in [0.29, 0.717) is 15.3 Å². The lowest BCUT2D eigenvalue weighted by atomic mass is 10.1. The van der Waals surface area contributed by atoms with E-state index in [1.54, 1.807) is 6.07 Å². The lowest BCUT2D eigenvalue weighted by molar-refractivity contribution is 0.619. The molecule has 2 nitrogen and oxygen atoms in total. The van der Waals surface area contributed by atoms with Crippen LogP contribution in [0.4, 0.5) is 15.8 Å². The van der Waals surface area contributed by atoms with E-state index < -0.39 is 0 Å². The molecule has 0 saturated carbocycles. The summed E-state index contributed by atoms with van der Waals surface area (Å²) >= 11 is 3.92. The molecule has 1 saturated heterocycles. The third kappa shape index (κ3) is 2.94. The number of nitrogen functional groups attached to an aromatic ring is 1. The summed E-state index contributed by atoms with van der Waals surface area (Å²) in [5.41, 5.74) is 7.23. The zero-order chi connectivity index (χ0) is 11.5. The molecule has 88 valence electrons. The second-order valence-electron chi connectivity index (χ2n) is 3.88. The van der Waals surface area contributed by atoms with Crippen molar-refractivity contribution in [2.75, 3.05) is 22.6 Å². The van der Waals surface area contributed by atoms with E-state index in [1.165, 1.54) is 17.6 Å². The smallest absolute Gasteiger partial charge is 0.138 e. The maximum absolute atomic E-state index is 13.4. The van der Waals surface area contributed by atoms with Crippen molar-refractivity contribution < 1.29 is 4.39 Å². The highest BCUT2D eigenvalue weighted by molar-refractivity contribution is 14.1. The van der Waals surface area contributed by atoms with Gasteiger partial charge >= 0.3 is 0 Å². The van der Waals surface area contributed by atoms with Gasteiger partial charge in [-0.25, -0.2) is 4.39 Å². The summed E-state index contributed by atoms with van der Waals surface area (Å²) in [6.07, 6.45) is 2.25. The summed E-state index contributed by atoms with van der Waals surface area (Å²) < 4.78 is 14.0. The molecular weight excluding hydrogens is 338 g/mol. The maximum Gasteiger partial charge on any atom is 0.138 e. The van der Waals surface area contributed by atoms with Gasteiger partial charge in [0.1, 0.15) is 5.82 Å². The molecule has 0 bridgehead atoms. The summed E-state index contributed by atoms with van der Waals surface area (Å²) in [6, 6.07) is 3.61. The second-order valence-corrected chi connectivity index (χ2v) is 6.27. The van der Waals surface area contributed by atoms with Crippen LogP contribution >= 0.6 is 34.4 Å². The van der Waals surface area contributed by atoms with Crippen LogP contribution in [0.25, 0.3) is 0 Å². The molecule has 2 rings (SSSR count). The number of anilines is 2. The highest BCUT2D eigenvalue weighted by Gasteiger charge is 2.15. The Morgan fingerprint density at radius 3 is 2.75 bits per heavy atom. The maximum atomic E-state index is 13.4. The molecule has 0 aromatic heterocycles. The van der Waals surface area contributed by atoms with Gasteiger partial charge in [0, 0.05) is 12.1 Å². The van der Waals surface area contributed by atoms with E-state index in [-0.39, 0.29) is 5.82 Å². The molecule has 0 aliphatic carbocycles. The first-order valence-corrected chi connectivity index (χ1v) is 7.49. The van der Waals surface area contributed by atoms with Crippen LogP contribution < -0.4 is 11.1 Å². The van der Waals surface area contributed by atoms with Crippen molar-refractivity contribution in [2.45, 2.75) is 18.9 Å². The van der Waals surface area contributed by atoms with Gasteiger partial charge in [-0.1, -0.05) is 0 Å². The lowest BCUT2D eigenvalue weighted by Crippen LogP contribution is -2.25. The quantitative estimate of drug-likeness (QED) is 0.634. The Morgan fingerprint density at radius 2 is 2.06 bits per heavy atom. The monoisotopic (exact) mass is 352 g/mol. The first-order valence-electron chi connectivity index (χ1n) is 5.25.